The monoisotopic (exact) mass is 629 g/mol. The second-order valence-electron chi connectivity index (χ2n) is 12.2. The Hall–Kier alpha value is -5.96. The molecule has 2 heteroatoms. The van der Waals surface area contributed by atoms with Crippen molar-refractivity contribution in [2.24, 2.45) is 0 Å². The Balaban J connectivity index is 1.12. The number of thiophene rings is 1. The summed E-state index contributed by atoms with van der Waals surface area (Å²) >= 11 is 1.86. The molecule has 48 heavy (non-hydrogen) atoms. The van der Waals surface area contributed by atoms with Crippen LogP contribution >= 0.6 is 11.3 Å². The predicted molar refractivity (Wildman–Crippen MR) is 208 cm³/mol. The number of anilines is 3. The second-order valence-corrected chi connectivity index (χ2v) is 13.3. The van der Waals surface area contributed by atoms with Crippen LogP contribution in [0.5, 0.6) is 0 Å². The second kappa shape index (κ2) is 12.0. The van der Waals surface area contributed by atoms with Gasteiger partial charge < -0.3 is 4.90 Å². The molecule has 0 atom stereocenters. The van der Waals surface area contributed by atoms with Gasteiger partial charge in [-0.25, -0.2) is 0 Å². The summed E-state index contributed by atoms with van der Waals surface area (Å²) in [5.74, 6) is 0. The highest BCUT2D eigenvalue weighted by Gasteiger charge is 2.16. The van der Waals surface area contributed by atoms with Crippen molar-refractivity contribution in [3.63, 3.8) is 0 Å². The highest BCUT2D eigenvalue weighted by molar-refractivity contribution is 7.25. The summed E-state index contributed by atoms with van der Waals surface area (Å²) in [5, 5.41) is 5.14. The lowest BCUT2D eigenvalue weighted by molar-refractivity contribution is 1.29. The van der Waals surface area contributed by atoms with Crippen LogP contribution in [-0.4, -0.2) is 0 Å². The standard InChI is InChI=1S/C46H31NS/c1-2-10-32(11-3-1)38-16-9-17-41(30-38)47(42-26-27-44-43-18-6-7-19-45(43)48-46(44)31-42)40-24-22-34(23-25-40)36-14-8-15-37(28-36)39-21-20-33-12-4-5-13-35(33)29-39/h1-31H. The molecular formula is C46H31NS. The molecule has 1 heterocycles. The maximum absolute atomic E-state index is 2.38. The van der Waals surface area contributed by atoms with Gasteiger partial charge in [0.05, 0.1) is 0 Å². The third kappa shape index (κ3) is 5.23. The van der Waals surface area contributed by atoms with Gasteiger partial charge in [-0.15, -0.1) is 11.3 Å². The van der Waals surface area contributed by atoms with Crippen molar-refractivity contribution in [1.29, 1.82) is 0 Å². The van der Waals surface area contributed by atoms with Gasteiger partial charge in [-0.3, -0.25) is 0 Å². The van der Waals surface area contributed by atoms with Crippen LogP contribution in [0.25, 0.3) is 64.3 Å². The number of hydrogen-bond acceptors (Lipinski definition) is 2. The van der Waals surface area contributed by atoms with E-state index in [0.717, 1.165) is 17.1 Å². The summed E-state index contributed by atoms with van der Waals surface area (Å²) < 4.78 is 2.61. The molecule has 0 spiro atoms. The summed E-state index contributed by atoms with van der Waals surface area (Å²) in [7, 11) is 0. The van der Waals surface area contributed by atoms with E-state index in [1.165, 1.54) is 64.3 Å². The highest BCUT2D eigenvalue weighted by atomic mass is 32.1. The fourth-order valence-electron chi connectivity index (χ4n) is 6.81. The number of benzene rings is 8. The van der Waals surface area contributed by atoms with E-state index < -0.39 is 0 Å². The first-order valence-corrected chi connectivity index (χ1v) is 17.2. The molecule has 0 N–H and O–H groups in total. The summed E-state index contributed by atoms with van der Waals surface area (Å²) in [5.41, 5.74) is 10.6. The third-order valence-corrected chi connectivity index (χ3v) is 10.4. The van der Waals surface area contributed by atoms with Crippen molar-refractivity contribution in [3.8, 4) is 33.4 Å². The van der Waals surface area contributed by atoms with Gasteiger partial charge in [0.1, 0.15) is 0 Å². The normalized spacial score (nSPS) is 11.3. The Bertz CT molecular complexity index is 2560. The number of fused-ring (bicyclic) bond motifs is 4. The van der Waals surface area contributed by atoms with E-state index >= 15 is 0 Å². The lowest BCUT2D eigenvalue weighted by atomic mass is 9.97. The van der Waals surface area contributed by atoms with E-state index in [0.29, 0.717) is 0 Å². The minimum atomic E-state index is 1.12. The van der Waals surface area contributed by atoms with Gasteiger partial charge in [0.2, 0.25) is 0 Å². The van der Waals surface area contributed by atoms with E-state index in [1.807, 2.05) is 11.3 Å². The Kier molecular flexibility index (Phi) is 7.07. The Morgan fingerprint density at radius 1 is 0.292 bits per heavy atom. The van der Waals surface area contributed by atoms with Gasteiger partial charge in [-0.05, 0) is 98.8 Å². The average molecular weight is 630 g/mol. The molecule has 0 amide bonds. The Morgan fingerprint density at radius 3 is 1.71 bits per heavy atom. The van der Waals surface area contributed by atoms with Crippen LogP contribution in [0, 0.1) is 0 Å². The lowest BCUT2D eigenvalue weighted by Gasteiger charge is -2.26. The van der Waals surface area contributed by atoms with Gasteiger partial charge in [-0.1, -0.05) is 133 Å². The number of nitrogens with zero attached hydrogens (tertiary/aromatic N) is 1. The van der Waals surface area contributed by atoms with Gasteiger partial charge >= 0.3 is 0 Å². The van der Waals surface area contributed by atoms with Gasteiger partial charge in [0, 0.05) is 37.2 Å². The molecule has 0 fully saturated rings. The first-order chi connectivity index (χ1) is 23.8. The van der Waals surface area contributed by atoms with Crippen LogP contribution in [0.15, 0.2) is 188 Å². The van der Waals surface area contributed by atoms with Crippen LogP contribution in [0.2, 0.25) is 0 Å². The molecule has 226 valence electrons. The predicted octanol–water partition coefficient (Wildman–Crippen LogP) is 13.7. The molecule has 0 saturated heterocycles. The minimum absolute atomic E-state index is 1.12. The molecular weight excluding hydrogens is 599 g/mol. The van der Waals surface area contributed by atoms with Crippen molar-refractivity contribution < 1.29 is 0 Å². The van der Waals surface area contributed by atoms with Gasteiger partial charge in [0.25, 0.3) is 0 Å². The van der Waals surface area contributed by atoms with E-state index in [9.17, 15) is 0 Å². The SMILES string of the molecule is c1ccc(-c2cccc(N(c3ccc(-c4cccc(-c5ccc6ccccc6c5)c4)cc3)c3ccc4c(c3)sc3ccccc34)c2)cc1. The quantitative estimate of drug-likeness (QED) is 0.177. The molecule has 1 nitrogen and oxygen atoms in total. The molecule has 8 aromatic carbocycles. The van der Waals surface area contributed by atoms with Crippen molar-refractivity contribution >= 4 is 59.3 Å². The van der Waals surface area contributed by atoms with Gasteiger partial charge in [0.15, 0.2) is 0 Å². The van der Waals surface area contributed by atoms with E-state index in [2.05, 4.69) is 193 Å². The van der Waals surface area contributed by atoms with E-state index in [1.54, 1.807) is 0 Å². The van der Waals surface area contributed by atoms with Crippen molar-refractivity contribution in [2.45, 2.75) is 0 Å². The van der Waals surface area contributed by atoms with Crippen LogP contribution in [0.1, 0.15) is 0 Å². The fraction of sp³-hybridized carbons (Fsp3) is 0. The molecule has 0 aliphatic heterocycles. The molecule has 0 aliphatic rings. The first-order valence-electron chi connectivity index (χ1n) is 16.3. The highest BCUT2D eigenvalue weighted by Crippen LogP contribution is 2.42. The Labute approximate surface area is 284 Å². The fourth-order valence-corrected chi connectivity index (χ4v) is 7.95. The van der Waals surface area contributed by atoms with Crippen LogP contribution < -0.4 is 4.90 Å². The zero-order valence-corrected chi connectivity index (χ0v) is 27.1. The zero-order chi connectivity index (χ0) is 31.9. The topological polar surface area (TPSA) is 3.24 Å². The Morgan fingerprint density at radius 2 is 0.854 bits per heavy atom. The molecule has 9 aromatic rings. The maximum Gasteiger partial charge on any atom is 0.0476 e. The number of hydrogen-bond donors (Lipinski definition) is 0. The van der Waals surface area contributed by atoms with Crippen LogP contribution in [0.4, 0.5) is 17.1 Å². The molecule has 9 rings (SSSR count). The molecule has 0 unspecified atom stereocenters. The zero-order valence-electron chi connectivity index (χ0n) is 26.3. The summed E-state index contributed by atoms with van der Waals surface area (Å²) in [4.78, 5) is 2.38. The maximum atomic E-state index is 2.38. The number of rotatable bonds is 6. The molecule has 1 aromatic heterocycles. The third-order valence-electron chi connectivity index (χ3n) is 9.24. The van der Waals surface area contributed by atoms with Gasteiger partial charge in [-0.2, -0.15) is 0 Å². The van der Waals surface area contributed by atoms with E-state index in [4.69, 9.17) is 0 Å². The van der Waals surface area contributed by atoms with Crippen molar-refractivity contribution in [1.82, 2.24) is 0 Å². The van der Waals surface area contributed by atoms with Crippen molar-refractivity contribution in [3.05, 3.63) is 188 Å². The minimum Gasteiger partial charge on any atom is -0.310 e. The van der Waals surface area contributed by atoms with Crippen LogP contribution in [0.3, 0.4) is 0 Å². The average Bonchev–Trinajstić information content (AvgIpc) is 3.54. The lowest BCUT2D eigenvalue weighted by Crippen LogP contribution is -2.09. The summed E-state index contributed by atoms with van der Waals surface area (Å²) in [6.45, 7) is 0. The van der Waals surface area contributed by atoms with Crippen LogP contribution in [-0.2, 0) is 0 Å². The smallest absolute Gasteiger partial charge is 0.0476 e. The molecule has 0 saturated carbocycles. The molecule has 0 aliphatic carbocycles. The van der Waals surface area contributed by atoms with E-state index in [-0.39, 0.29) is 0 Å². The summed E-state index contributed by atoms with van der Waals surface area (Å²) in [6.07, 6.45) is 0. The summed E-state index contributed by atoms with van der Waals surface area (Å²) in [6, 6.07) is 68.2. The molecule has 0 radical (unpaired) electrons. The first kappa shape index (κ1) is 28.3. The van der Waals surface area contributed by atoms with Crippen molar-refractivity contribution in [2.75, 3.05) is 4.90 Å². The molecule has 0 bridgehead atoms. The largest absolute Gasteiger partial charge is 0.310 e.